The lowest BCUT2D eigenvalue weighted by atomic mass is 10.1. The minimum atomic E-state index is -0.0799. The van der Waals surface area contributed by atoms with Crippen molar-refractivity contribution in [2.75, 3.05) is 6.54 Å². The molecule has 1 amide bonds. The number of aryl methyl sites for hydroxylation is 1. The normalized spacial score (nSPS) is 18.0. The van der Waals surface area contributed by atoms with Gasteiger partial charge in [-0.3, -0.25) is 9.48 Å². The Morgan fingerprint density at radius 1 is 1.39 bits per heavy atom. The third-order valence-corrected chi connectivity index (χ3v) is 4.55. The van der Waals surface area contributed by atoms with Crippen molar-refractivity contribution in [3.05, 3.63) is 53.0 Å². The lowest BCUT2D eigenvalue weighted by molar-refractivity contribution is 0.0705. The molecule has 1 aliphatic heterocycles. The van der Waals surface area contributed by atoms with Crippen LogP contribution in [-0.2, 0) is 7.05 Å². The molecular weight excluding hydrogens is 314 g/mol. The Kier molecular flexibility index (Phi) is 3.38. The van der Waals surface area contributed by atoms with Crippen LogP contribution in [0.15, 0.2) is 41.1 Å². The van der Waals surface area contributed by atoms with E-state index in [1.165, 1.54) is 0 Å². The molecule has 0 bridgehead atoms. The second-order valence-electron chi connectivity index (χ2n) is 5.90. The van der Waals surface area contributed by atoms with E-state index in [0.717, 1.165) is 30.3 Å². The molecule has 1 atom stereocenters. The van der Waals surface area contributed by atoms with Crippen molar-refractivity contribution < 1.29 is 9.21 Å². The van der Waals surface area contributed by atoms with Gasteiger partial charge >= 0.3 is 0 Å². The summed E-state index contributed by atoms with van der Waals surface area (Å²) in [5.74, 6) is 0.279. The number of rotatable bonds is 2. The number of aromatic nitrogens is 2. The molecule has 0 unspecified atom stereocenters. The SMILES string of the molecule is Cn1cc([C@H]2CCCN2C(=O)c2cc3cc(Cl)ccc3o2)cn1. The van der Waals surface area contributed by atoms with E-state index in [1.807, 2.05) is 24.3 Å². The highest BCUT2D eigenvalue weighted by molar-refractivity contribution is 6.31. The molecule has 0 saturated carbocycles. The summed E-state index contributed by atoms with van der Waals surface area (Å²) in [7, 11) is 1.88. The fourth-order valence-corrected chi connectivity index (χ4v) is 3.41. The van der Waals surface area contributed by atoms with Gasteiger partial charge in [-0.15, -0.1) is 0 Å². The average molecular weight is 330 g/mol. The highest BCUT2D eigenvalue weighted by Crippen LogP contribution is 2.34. The predicted molar refractivity (Wildman–Crippen MR) is 87.4 cm³/mol. The Balaban J connectivity index is 1.66. The fourth-order valence-electron chi connectivity index (χ4n) is 3.23. The molecule has 6 heteroatoms. The van der Waals surface area contributed by atoms with E-state index in [0.29, 0.717) is 16.4 Å². The summed E-state index contributed by atoms with van der Waals surface area (Å²) in [6.45, 7) is 0.732. The van der Waals surface area contributed by atoms with Gasteiger partial charge in [0.05, 0.1) is 12.2 Å². The molecule has 5 nitrogen and oxygen atoms in total. The number of fused-ring (bicyclic) bond motifs is 1. The standard InChI is InChI=1S/C17H16ClN3O2/c1-20-10-12(9-19-20)14-3-2-6-21(14)17(22)16-8-11-7-13(18)4-5-15(11)23-16/h4-5,7-10,14H,2-3,6H2,1H3/t14-/m1/s1. The molecule has 0 spiro atoms. The zero-order chi connectivity index (χ0) is 16.0. The molecule has 4 rings (SSSR count). The van der Waals surface area contributed by atoms with Gasteiger partial charge in [-0.25, -0.2) is 0 Å². The largest absolute Gasteiger partial charge is 0.451 e. The first-order valence-electron chi connectivity index (χ1n) is 7.60. The maximum Gasteiger partial charge on any atom is 0.290 e. The van der Waals surface area contributed by atoms with Crippen molar-refractivity contribution in [3.8, 4) is 0 Å². The average Bonchev–Trinajstić information content (AvgIpc) is 3.23. The third-order valence-electron chi connectivity index (χ3n) is 4.31. The number of halogens is 1. The Labute approximate surface area is 138 Å². The number of carbonyl (C=O) groups is 1. The second-order valence-corrected chi connectivity index (χ2v) is 6.33. The monoisotopic (exact) mass is 329 g/mol. The highest BCUT2D eigenvalue weighted by atomic mass is 35.5. The van der Waals surface area contributed by atoms with E-state index >= 15 is 0 Å². The molecule has 3 heterocycles. The first kappa shape index (κ1) is 14.3. The summed E-state index contributed by atoms with van der Waals surface area (Å²) in [6.07, 6.45) is 5.73. The van der Waals surface area contributed by atoms with Crippen molar-refractivity contribution >= 4 is 28.5 Å². The zero-order valence-electron chi connectivity index (χ0n) is 12.7. The number of amides is 1. The molecule has 3 aromatic rings. The molecule has 23 heavy (non-hydrogen) atoms. The number of nitrogens with zero attached hydrogens (tertiary/aromatic N) is 3. The van der Waals surface area contributed by atoms with Crippen LogP contribution in [0.25, 0.3) is 11.0 Å². The first-order chi connectivity index (χ1) is 11.1. The van der Waals surface area contributed by atoms with Crippen LogP contribution in [0.4, 0.5) is 0 Å². The van der Waals surface area contributed by atoms with Crippen LogP contribution >= 0.6 is 11.6 Å². The minimum absolute atomic E-state index is 0.0630. The number of benzene rings is 1. The molecule has 1 saturated heterocycles. The minimum Gasteiger partial charge on any atom is -0.451 e. The van der Waals surface area contributed by atoms with E-state index in [4.69, 9.17) is 16.0 Å². The Hall–Kier alpha value is -2.27. The van der Waals surface area contributed by atoms with Gasteiger partial charge in [0.15, 0.2) is 5.76 Å². The van der Waals surface area contributed by atoms with Crippen LogP contribution in [-0.4, -0.2) is 27.1 Å². The van der Waals surface area contributed by atoms with E-state index in [9.17, 15) is 4.79 Å². The van der Waals surface area contributed by atoms with Crippen molar-refractivity contribution in [1.29, 1.82) is 0 Å². The van der Waals surface area contributed by atoms with Crippen LogP contribution in [0.5, 0.6) is 0 Å². The first-order valence-corrected chi connectivity index (χ1v) is 7.98. The van der Waals surface area contributed by atoms with E-state index < -0.39 is 0 Å². The lowest BCUT2D eigenvalue weighted by Crippen LogP contribution is -2.30. The van der Waals surface area contributed by atoms with Gasteiger partial charge in [-0.1, -0.05) is 11.6 Å². The third kappa shape index (κ3) is 2.51. The Morgan fingerprint density at radius 3 is 3.04 bits per heavy atom. The summed E-state index contributed by atoms with van der Waals surface area (Å²) in [5.41, 5.74) is 1.74. The molecule has 1 aromatic carbocycles. The van der Waals surface area contributed by atoms with Gasteiger partial charge < -0.3 is 9.32 Å². The van der Waals surface area contributed by atoms with Gasteiger partial charge in [-0.2, -0.15) is 5.10 Å². The van der Waals surface area contributed by atoms with Crippen molar-refractivity contribution in [1.82, 2.24) is 14.7 Å². The zero-order valence-corrected chi connectivity index (χ0v) is 13.5. The Bertz CT molecular complexity index is 883. The maximum absolute atomic E-state index is 12.9. The van der Waals surface area contributed by atoms with Gasteiger partial charge in [0.2, 0.25) is 0 Å². The number of likely N-dealkylation sites (tertiary alicyclic amines) is 1. The number of furan rings is 1. The summed E-state index contributed by atoms with van der Waals surface area (Å²) < 4.78 is 7.48. The van der Waals surface area contributed by atoms with Crippen molar-refractivity contribution in [2.24, 2.45) is 7.05 Å². The molecule has 0 aliphatic carbocycles. The van der Waals surface area contributed by atoms with Crippen LogP contribution in [0.2, 0.25) is 5.02 Å². The molecule has 0 N–H and O–H groups in total. The fraction of sp³-hybridized carbons (Fsp3) is 0.294. The van der Waals surface area contributed by atoms with Crippen molar-refractivity contribution in [3.63, 3.8) is 0 Å². The van der Waals surface area contributed by atoms with E-state index in [1.54, 1.807) is 28.9 Å². The van der Waals surface area contributed by atoms with Crippen molar-refractivity contribution in [2.45, 2.75) is 18.9 Å². The molecule has 1 aliphatic rings. The molecule has 0 radical (unpaired) electrons. The summed E-state index contributed by atoms with van der Waals surface area (Å²) in [5, 5.41) is 5.69. The quantitative estimate of drug-likeness (QED) is 0.718. The summed E-state index contributed by atoms with van der Waals surface area (Å²) in [4.78, 5) is 14.7. The van der Waals surface area contributed by atoms with Gasteiger partial charge in [0, 0.05) is 35.8 Å². The molecule has 118 valence electrons. The predicted octanol–water partition coefficient (Wildman–Crippen LogP) is 3.80. The topological polar surface area (TPSA) is 51.3 Å². The smallest absolute Gasteiger partial charge is 0.290 e. The second kappa shape index (κ2) is 5.42. The number of hydrogen-bond donors (Lipinski definition) is 0. The van der Waals surface area contributed by atoms with Crippen LogP contribution in [0.3, 0.4) is 0 Å². The Morgan fingerprint density at radius 2 is 2.26 bits per heavy atom. The van der Waals surface area contributed by atoms with Crippen LogP contribution < -0.4 is 0 Å². The number of carbonyl (C=O) groups excluding carboxylic acids is 1. The lowest BCUT2D eigenvalue weighted by Gasteiger charge is -2.22. The maximum atomic E-state index is 12.9. The molecule has 1 fully saturated rings. The van der Waals surface area contributed by atoms with E-state index in [-0.39, 0.29) is 11.9 Å². The summed E-state index contributed by atoms with van der Waals surface area (Å²) in [6, 6.07) is 7.18. The molecular formula is C17H16ClN3O2. The molecule has 2 aromatic heterocycles. The van der Waals surface area contributed by atoms with E-state index in [2.05, 4.69) is 5.10 Å². The van der Waals surface area contributed by atoms with Gasteiger partial charge in [0.1, 0.15) is 5.58 Å². The summed E-state index contributed by atoms with van der Waals surface area (Å²) >= 11 is 5.99. The van der Waals surface area contributed by atoms with Crippen LogP contribution in [0, 0.1) is 0 Å². The number of hydrogen-bond acceptors (Lipinski definition) is 3. The van der Waals surface area contributed by atoms with Gasteiger partial charge in [0.25, 0.3) is 5.91 Å². The highest BCUT2D eigenvalue weighted by Gasteiger charge is 2.32. The van der Waals surface area contributed by atoms with Crippen LogP contribution in [0.1, 0.15) is 35.0 Å². The van der Waals surface area contributed by atoms with Gasteiger partial charge in [-0.05, 0) is 37.1 Å².